The molecular weight excluding hydrogens is 168 g/mol. The Morgan fingerprint density at radius 1 is 1.62 bits per heavy atom. The highest BCUT2D eigenvalue weighted by Gasteiger charge is 2.25. The molecule has 4 heteroatoms. The number of ether oxygens (including phenoxy) is 1. The van der Waals surface area contributed by atoms with Crippen LogP contribution in [0.4, 0.5) is 0 Å². The highest BCUT2D eigenvalue weighted by atomic mass is 16.5. The fourth-order valence-corrected chi connectivity index (χ4v) is 1.46. The van der Waals surface area contributed by atoms with Crippen molar-refractivity contribution in [1.29, 1.82) is 5.26 Å². The minimum atomic E-state index is -0.309. The van der Waals surface area contributed by atoms with E-state index in [0.717, 1.165) is 0 Å². The molecule has 1 unspecified atom stereocenters. The van der Waals surface area contributed by atoms with Gasteiger partial charge in [-0.3, -0.25) is 0 Å². The Kier molecular flexibility index (Phi) is 1.61. The van der Waals surface area contributed by atoms with Crippen molar-refractivity contribution in [3.8, 4) is 17.6 Å². The molecule has 66 valence electrons. The molecule has 0 saturated carbocycles. The Morgan fingerprint density at radius 2 is 2.38 bits per heavy atom. The zero-order valence-electron chi connectivity index (χ0n) is 6.82. The molecule has 2 rings (SSSR count). The Hall–Kier alpha value is -1.73. The van der Waals surface area contributed by atoms with Gasteiger partial charge in [0.05, 0.1) is 6.04 Å². The average molecular weight is 176 g/mol. The summed E-state index contributed by atoms with van der Waals surface area (Å²) in [5.74, 6) is 0.559. The van der Waals surface area contributed by atoms with Gasteiger partial charge >= 0.3 is 0 Å². The minimum absolute atomic E-state index is 0.0396. The smallest absolute Gasteiger partial charge is 0.133 e. The number of phenolic OH excluding ortho intramolecular Hbond substituents is 1. The van der Waals surface area contributed by atoms with E-state index in [9.17, 15) is 5.11 Å². The first-order valence-corrected chi connectivity index (χ1v) is 3.88. The van der Waals surface area contributed by atoms with E-state index in [0.29, 0.717) is 17.9 Å². The van der Waals surface area contributed by atoms with E-state index in [2.05, 4.69) is 0 Å². The number of rotatable bonds is 0. The van der Waals surface area contributed by atoms with Crippen LogP contribution < -0.4 is 10.5 Å². The van der Waals surface area contributed by atoms with E-state index >= 15 is 0 Å². The molecule has 4 nitrogen and oxygen atoms in total. The highest BCUT2D eigenvalue weighted by molar-refractivity contribution is 5.57. The second kappa shape index (κ2) is 2.64. The van der Waals surface area contributed by atoms with E-state index in [4.69, 9.17) is 15.7 Å². The maximum absolute atomic E-state index is 9.36. The summed E-state index contributed by atoms with van der Waals surface area (Å²) in [4.78, 5) is 0. The maximum atomic E-state index is 9.36. The fraction of sp³-hybridized carbons (Fsp3) is 0.222. The first-order chi connectivity index (χ1) is 6.24. The molecule has 1 aliphatic rings. The summed E-state index contributed by atoms with van der Waals surface area (Å²) in [6.45, 7) is 0.369. The van der Waals surface area contributed by atoms with Crippen molar-refractivity contribution in [2.75, 3.05) is 6.61 Å². The van der Waals surface area contributed by atoms with Crippen LogP contribution in [0, 0.1) is 11.3 Å². The molecular formula is C9H8N2O2. The van der Waals surface area contributed by atoms with E-state index in [1.54, 1.807) is 6.07 Å². The lowest BCUT2D eigenvalue weighted by Crippen LogP contribution is -2.12. The Labute approximate surface area is 75.2 Å². The number of phenols is 1. The molecule has 1 aromatic carbocycles. The van der Waals surface area contributed by atoms with Crippen molar-refractivity contribution in [3.05, 3.63) is 23.3 Å². The summed E-state index contributed by atoms with van der Waals surface area (Å²) in [5.41, 5.74) is 6.54. The Bertz CT molecular complexity index is 395. The lowest BCUT2D eigenvalue weighted by Gasteiger charge is -2.04. The lowest BCUT2D eigenvalue weighted by atomic mass is 10.0. The summed E-state index contributed by atoms with van der Waals surface area (Å²) in [6.07, 6.45) is 0. The zero-order chi connectivity index (χ0) is 9.42. The van der Waals surface area contributed by atoms with Gasteiger partial charge in [0.2, 0.25) is 0 Å². The topological polar surface area (TPSA) is 79.3 Å². The first kappa shape index (κ1) is 7.90. The number of nitrogens with two attached hydrogens (primary N) is 1. The molecule has 3 N–H and O–H groups in total. The summed E-state index contributed by atoms with van der Waals surface area (Å²) in [5, 5.41) is 18.1. The van der Waals surface area contributed by atoms with Crippen LogP contribution in [0.2, 0.25) is 0 Å². The van der Waals surface area contributed by atoms with Crippen molar-refractivity contribution in [2.45, 2.75) is 6.04 Å². The third-order valence-electron chi connectivity index (χ3n) is 2.08. The van der Waals surface area contributed by atoms with Crippen LogP contribution in [-0.4, -0.2) is 11.7 Å². The van der Waals surface area contributed by atoms with Gasteiger partial charge in [0.15, 0.2) is 0 Å². The predicted molar refractivity (Wildman–Crippen MR) is 45.2 cm³/mol. The molecule has 0 aliphatic carbocycles. The number of hydrogen-bond acceptors (Lipinski definition) is 4. The Morgan fingerprint density at radius 3 is 3.08 bits per heavy atom. The molecule has 0 spiro atoms. The highest BCUT2D eigenvalue weighted by Crippen LogP contribution is 2.37. The SMILES string of the molecule is N#Cc1c(O)ccc2c1C(N)CO2. The van der Waals surface area contributed by atoms with Crippen LogP contribution in [0.15, 0.2) is 12.1 Å². The molecule has 0 aromatic heterocycles. The quantitative estimate of drug-likeness (QED) is 0.608. The van der Waals surface area contributed by atoms with Crippen molar-refractivity contribution in [2.24, 2.45) is 5.73 Å². The predicted octanol–water partition coefficient (Wildman–Crippen LogP) is 0.656. The molecule has 1 heterocycles. The lowest BCUT2D eigenvalue weighted by molar-refractivity contribution is 0.333. The molecule has 13 heavy (non-hydrogen) atoms. The van der Waals surface area contributed by atoms with Crippen LogP contribution in [0.25, 0.3) is 0 Å². The third-order valence-corrected chi connectivity index (χ3v) is 2.08. The van der Waals surface area contributed by atoms with E-state index in [1.165, 1.54) is 6.07 Å². The molecule has 1 aliphatic heterocycles. The number of fused-ring (bicyclic) bond motifs is 1. The molecule has 1 atom stereocenters. The Balaban J connectivity index is 2.69. The number of aromatic hydroxyl groups is 1. The van der Waals surface area contributed by atoms with E-state index < -0.39 is 0 Å². The normalized spacial score (nSPS) is 18.9. The van der Waals surface area contributed by atoms with Gasteiger partial charge in [0.25, 0.3) is 0 Å². The van der Waals surface area contributed by atoms with Gasteiger partial charge in [-0.05, 0) is 12.1 Å². The molecule has 0 radical (unpaired) electrons. The van der Waals surface area contributed by atoms with Crippen molar-refractivity contribution in [3.63, 3.8) is 0 Å². The largest absolute Gasteiger partial charge is 0.507 e. The van der Waals surface area contributed by atoms with Crippen molar-refractivity contribution >= 4 is 0 Å². The summed E-state index contributed by atoms with van der Waals surface area (Å²) in [6, 6.07) is 4.67. The molecule has 0 bridgehead atoms. The van der Waals surface area contributed by atoms with Gasteiger partial charge in [-0.25, -0.2) is 0 Å². The number of benzene rings is 1. The van der Waals surface area contributed by atoms with E-state index in [1.807, 2.05) is 6.07 Å². The van der Waals surface area contributed by atoms with Gasteiger partial charge in [-0.2, -0.15) is 5.26 Å². The summed E-state index contributed by atoms with van der Waals surface area (Å²) in [7, 11) is 0. The van der Waals surface area contributed by atoms with Gasteiger partial charge in [0.1, 0.15) is 29.7 Å². The van der Waals surface area contributed by atoms with Gasteiger partial charge < -0.3 is 15.6 Å². The number of nitrogens with zero attached hydrogens (tertiary/aromatic N) is 1. The standard InChI is InChI=1S/C9H8N2O2/c10-3-5-7(12)1-2-8-9(5)6(11)4-13-8/h1-2,6,12H,4,11H2. The van der Waals surface area contributed by atoms with Gasteiger partial charge in [0, 0.05) is 5.56 Å². The van der Waals surface area contributed by atoms with Crippen LogP contribution >= 0.6 is 0 Å². The van der Waals surface area contributed by atoms with Crippen LogP contribution in [-0.2, 0) is 0 Å². The first-order valence-electron chi connectivity index (χ1n) is 3.88. The number of hydrogen-bond donors (Lipinski definition) is 2. The van der Waals surface area contributed by atoms with Crippen LogP contribution in [0.5, 0.6) is 11.5 Å². The van der Waals surface area contributed by atoms with E-state index in [-0.39, 0.29) is 17.4 Å². The zero-order valence-corrected chi connectivity index (χ0v) is 6.82. The molecule has 1 aromatic rings. The second-order valence-electron chi connectivity index (χ2n) is 2.90. The van der Waals surface area contributed by atoms with Gasteiger partial charge in [-0.15, -0.1) is 0 Å². The minimum Gasteiger partial charge on any atom is -0.507 e. The maximum Gasteiger partial charge on any atom is 0.133 e. The average Bonchev–Trinajstić information content (AvgIpc) is 2.49. The third kappa shape index (κ3) is 1.02. The van der Waals surface area contributed by atoms with Gasteiger partial charge in [-0.1, -0.05) is 0 Å². The van der Waals surface area contributed by atoms with Crippen molar-refractivity contribution < 1.29 is 9.84 Å². The fourth-order valence-electron chi connectivity index (χ4n) is 1.46. The van der Waals surface area contributed by atoms with Crippen LogP contribution in [0.3, 0.4) is 0 Å². The van der Waals surface area contributed by atoms with Crippen molar-refractivity contribution in [1.82, 2.24) is 0 Å². The number of nitriles is 1. The summed E-state index contributed by atoms with van der Waals surface area (Å²) >= 11 is 0. The molecule has 0 fully saturated rings. The molecule has 0 saturated heterocycles. The second-order valence-corrected chi connectivity index (χ2v) is 2.90. The monoisotopic (exact) mass is 176 g/mol. The summed E-state index contributed by atoms with van der Waals surface area (Å²) < 4.78 is 5.22. The van der Waals surface area contributed by atoms with Crippen LogP contribution in [0.1, 0.15) is 17.2 Å². The molecule has 0 amide bonds.